The molecule has 2 aromatic carbocycles. The van der Waals surface area contributed by atoms with Crippen molar-refractivity contribution >= 4 is 21.6 Å². The molecule has 0 fully saturated rings. The molecule has 2 nitrogen and oxygen atoms in total. The maximum atomic E-state index is 5.50. The zero-order chi connectivity index (χ0) is 13.7. The van der Waals surface area contributed by atoms with Gasteiger partial charge in [-0.25, -0.2) is 0 Å². The number of nitrogens with one attached hydrogen (secondary N) is 1. The summed E-state index contributed by atoms with van der Waals surface area (Å²) >= 11 is 3.45. The van der Waals surface area contributed by atoms with Crippen molar-refractivity contribution in [2.45, 2.75) is 19.9 Å². The van der Waals surface area contributed by atoms with Crippen LogP contribution in [-0.2, 0) is 0 Å². The van der Waals surface area contributed by atoms with Gasteiger partial charge >= 0.3 is 0 Å². The second-order valence-corrected chi connectivity index (χ2v) is 5.29. The van der Waals surface area contributed by atoms with E-state index in [0.717, 1.165) is 15.9 Å². The van der Waals surface area contributed by atoms with Gasteiger partial charge in [0.25, 0.3) is 0 Å². The Morgan fingerprint density at radius 2 is 1.89 bits per heavy atom. The molecule has 0 saturated heterocycles. The fourth-order valence-electron chi connectivity index (χ4n) is 1.93. The third-order valence-corrected chi connectivity index (χ3v) is 3.43. The second kappa shape index (κ2) is 6.62. The number of benzene rings is 2. The molecule has 0 radical (unpaired) electrons. The Morgan fingerprint density at radius 3 is 2.58 bits per heavy atom. The summed E-state index contributed by atoms with van der Waals surface area (Å²) < 4.78 is 6.60. The molecule has 2 aromatic rings. The Labute approximate surface area is 122 Å². The number of ether oxygens (including phenoxy) is 1. The van der Waals surface area contributed by atoms with Gasteiger partial charge in [0.15, 0.2) is 0 Å². The molecule has 0 heterocycles. The third-order valence-electron chi connectivity index (χ3n) is 2.90. The molecule has 1 atom stereocenters. The predicted octanol–water partition coefficient (Wildman–Crippen LogP) is 5.02. The lowest BCUT2D eigenvalue weighted by molar-refractivity contribution is 0.340. The quantitative estimate of drug-likeness (QED) is 0.835. The van der Waals surface area contributed by atoms with Gasteiger partial charge in [-0.05, 0) is 43.7 Å². The molecule has 1 N–H and O–H groups in total. The van der Waals surface area contributed by atoms with Gasteiger partial charge < -0.3 is 10.1 Å². The highest BCUT2D eigenvalue weighted by atomic mass is 79.9. The first-order chi connectivity index (χ1) is 9.19. The van der Waals surface area contributed by atoms with E-state index in [1.165, 1.54) is 5.56 Å². The third kappa shape index (κ3) is 4.00. The van der Waals surface area contributed by atoms with Gasteiger partial charge in [0.2, 0.25) is 0 Å². The van der Waals surface area contributed by atoms with Crippen LogP contribution < -0.4 is 10.1 Å². The van der Waals surface area contributed by atoms with Gasteiger partial charge in [-0.2, -0.15) is 0 Å². The number of anilines is 1. The van der Waals surface area contributed by atoms with Crippen molar-refractivity contribution in [3.05, 3.63) is 58.6 Å². The first-order valence-corrected chi connectivity index (χ1v) is 7.23. The zero-order valence-corrected chi connectivity index (χ0v) is 12.8. The number of halogens is 1. The fourth-order valence-corrected chi connectivity index (χ4v) is 2.19. The summed E-state index contributed by atoms with van der Waals surface area (Å²) in [5.41, 5.74) is 2.33. The lowest BCUT2D eigenvalue weighted by Gasteiger charge is -2.16. The van der Waals surface area contributed by atoms with Crippen LogP contribution in [0, 0.1) is 0 Å². The van der Waals surface area contributed by atoms with E-state index in [-0.39, 0.29) is 6.04 Å². The van der Waals surface area contributed by atoms with Crippen LogP contribution in [0.3, 0.4) is 0 Å². The Balaban J connectivity index is 2.07. The number of rotatable bonds is 5. The summed E-state index contributed by atoms with van der Waals surface area (Å²) in [6.07, 6.45) is 0. The molecule has 0 aliphatic heterocycles. The van der Waals surface area contributed by atoms with Gasteiger partial charge in [-0.15, -0.1) is 0 Å². The topological polar surface area (TPSA) is 21.3 Å². The normalized spacial score (nSPS) is 11.9. The molecule has 0 bridgehead atoms. The first kappa shape index (κ1) is 13.9. The van der Waals surface area contributed by atoms with Crippen LogP contribution in [-0.4, -0.2) is 6.61 Å². The standard InChI is InChI=1S/C16H18BrNO/c1-3-19-16-6-4-5-15(11-16)18-12(2)13-7-9-14(17)10-8-13/h4-12,18H,3H2,1-2H3. The summed E-state index contributed by atoms with van der Waals surface area (Å²) in [5.74, 6) is 0.899. The van der Waals surface area contributed by atoms with Crippen LogP contribution in [0.2, 0.25) is 0 Å². The summed E-state index contributed by atoms with van der Waals surface area (Å²) in [5, 5.41) is 3.48. The molecule has 100 valence electrons. The van der Waals surface area contributed by atoms with Crippen molar-refractivity contribution in [1.29, 1.82) is 0 Å². The van der Waals surface area contributed by atoms with Crippen molar-refractivity contribution in [3.63, 3.8) is 0 Å². The fraction of sp³-hybridized carbons (Fsp3) is 0.250. The molecule has 3 heteroatoms. The van der Waals surface area contributed by atoms with Gasteiger partial charge in [0.05, 0.1) is 6.61 Å². The Kier molecular flexibility index (Phi) is 4.86. The van der Waals surface area contributed by atoms with Gasteiger partial charge in [0, 0.05) is 22.3 Å². The molecule has 0 aromatic heterocycles. The summed E-state index contributed by atoms with van der Waals surface area (Å²) in [6.45, 7) is 4.83. The minimum Gasteiger partial charge on any atom is -0.494 e. The number of hydrogen-bond donors (Lipinski definition) is 1. The van der Waals surface area contributed by atoms with E-state index < -0.39 is 0 Å². The monoisotopic (exact) mass is 319 g/mol. The van der Waals surface area contributed by atoms with Crippen molar-refractivity contribution in [1.82, 2.24) is 0 Å². The molecular weight excluding hydrogens is 302 g/mol. The highest BCUT2D eigenvalue weighted by Gasteiger charge is 2.05. The average Bonchev–Trinajstić information content (AvgIpc) is 2.40. The smallest absolute Gasteiger partial charge is 0.121 e. The van der Waals surface area contributed by atoms with Crippen LogP contribution >= 0.6 is 15.9 Å². The highest BCUT2D eigenvalue weighted by Crippen LogP contribution is 2.23. The summed E-state index contributed by atoms with van der Waals surface area (Å²) in [6, 6.07) is 16.7. The Morgan fingerprint density at radius 1 is 1.16 bits per heavy atom. The lowest BCUT2D eigenvalue weighted by atomic mass is 10.1. The molecule has 2 rings (SSSR count). The lowest BCUT2D eigenvalue weighted by Crippen LogP contribution is -2.06. The Bertz CT molecular complexity index is 525. The van der Waals surface area contributed by atoms with Crippen LogP contribution in [0.15, 0.2) is 53.0 Å². The number of hydrogen-bond acceptors (Lipinski definition) is 2. The SMILES string of the molecule is CCOc1cccc(NC(C)c2ccc(Br)cc2)c1. The molecule has 0 saturated carbocycles. The second-order valence-electron chi connectivity index (χ2n) is 4.38. The van der Waals surface area contributed by atoms with E-state index in [9.17, 15) is 0 Å². The van der Waals surface area contributed by atoms with E-state index in [2.05, 4.69) is 58.5 Å². The van der Waals surface area contributed by atoms with Gasteiger partial charge in [-0.3, -0.25) is 0 Å². The van der Waals surface area contributed by atoms with Crippen LogP contribution in [0.25, 0.3) is 0 Å². The van der Waals surface area contributed by atoms with Gasteiger partial charge in [0.1, 0.15) is 5.75 Å². The van der Waals surface area contributed by atoms with Crippen molar-refractivity contribution in [3.8, 4) is 5.75 Å². The predicted molar refractivity (Wildman–Crippen MR) is 83.8 cm³/mol. The summed E-state index contributed by atoms with van der Waals surface area (Å²) in [4.78, 5) is 0. The van der Waals surface area contributed by atoms with E-state index in [1.54, 1.807) is 0 Å². The molecule has 1 unspecified atom stereocenters. The van der Waals surface area contributed by atoms with Crippen LogP contribution in [0.5, 0.6) is 5.75 Å². The van der Waals surface area contributed by atoms with Crippen LogP contribution in [0.4, 0.5) is 5.69 Å². The van der Waals surface area contributed by atoms with E-state index in [1.807, 2.05) is 25.1 Å². The maximum absolute atomic E-state index is 5.50. The Hall–Kier alpha value is -1.48. The molecule has 0 amide bonds. The van der Waals surface area contributed by atoms with Gasteiger partial charge in [-0.1, -0.05) is 34.1 Å². The maximum Gasteiger partial charge on any atom is 0.121 e. The molecular formula is C16H18BrNO. The van der Waals surface area contributed by atoms with E-state index in [4.69, 9.17) is 4.74 Å². The van der Waals surface area contributed by atoms with Crippen molar-refractivity contribution in [2.75, 3.05) is 11.9 Å². The average molecular weight is 320 g/mol. The van der Waals surface area contributed by atoms with Crippen molar-refractivity contribution < 1.29 is 4.74 Å². The van der Waals surface area contributed by atoms with E-state index in [0.29, 0.717) is 6.61 Å². The molecule has 0 spiro atoms. The van der Waals surface area contributed by atoms with Crippen LogP contribution in [0.1, 0.15) is 25.5 Å². The largest absolute Gasteiger partial charge is 0.494 e. The molecule has 19 heavy (non-hydrogen) atoms. The zero-order valence-electron chi connectivity index (χ0n) is 11.2. The minimum atomic E-state index is 0.255. The minimum absolute atomic E-state index is 0.255. The molecule has 0 aliphatic rings. The highest BCUT2D eigenvalue weighted by molar-refractivity contribution is 9.10. The first-order valence-electron chi connectivity index (χ1n) is 6.44. The summed E-state index contributed by atoms with van der Waals surface area (Å²) in [7, 11) is 0. The molecule has 0 aliphatic carbocycles. The van der Waals surface area contributed by atoms with E-state index >= 15 is 0 Å². The van der Waals surface area contributed by atoms with Crippen molar-refractivity contribution in [2.24, 2.45) is 0 Å².